The van der Waals surface area contributed by atoms with Crippen LogP contribution in [-0.4, -0.2) is 33.7 Å². The minimum atomic E-state index is -4.12. The van der Waals surface area contributed by atoms with Gasteiger partial charge in [0.2, 0.25) is 5.91 Å². The summed E-state index contributed by atoms with van der Waals surface area (Å²) in [5.41, 5.74) is 0.465. The average molecular weight is 509 g/mol. The molecule has 3 aromatic rings. The van der Waals surface area contributed by atoms with Crippen LogP contribution in [0, 0.1) is 5.82 Å². The standard InChI is InChI=1S/C23H22ClFN2O4S2/c1-3-31-22-7-5-4-6-21(22)27(33(29,30)18-11-9-17(32-2)10-12-18)15-23(28)26-16-8-13-20(25)19(24)14-16/h4-14H,3,15H2,1-2H3,(H,26,28). The number of ether oxygens (including phenoxy) is 1. The number of carbonyl (C=O) groups excluding carboxylic acids is 1. The number of benzene rings is 3. The van der Waals surface area contributed by atoms with Crippen LogP contribution in [0.1, 0.15) is 6.92 Å². The summed E-state index contributed by atoms with van der Waals surface area (Å²) >= 11 is 7.27. The molecular formula is C23H22ClFN2O4S2. The Morgan fingerprint density at radius 1 is 1.12 bits per heavy atom. The fourth-order valence-electron chi connectivity index (χ4n) is 3.02. The van der Waals surface area contributed by atoms with Gasteiger partial charge < -0.3 is 10.1 Å². The van der Waals surface area contributed by atoms with E-state index in [0.29, 0.717) is 12.4 Å². The predicted octanol–water partition coefficient (Wildman–Crippen LogP) is 5.43. The molecule has 6 nitrogen and oxygen atoms in total. The Kier molecular flexibility index (Phi) is 8.23. The Morgan fingerprint density at radius 3 is 2.45 bits per heavy atom. The Bertz CT molecular complexity index is 1240. The largest absolute Gasteiger partial charge is 0.492 e. The highest BCUT2D eigenvalue weighted by atomic mass is 35.5. The Labute approximate surface area is 201 Å². The molecule has 0 heterocycles. The third-order valence-corrected chi connectivity index (χ3v) is 7.38. The van der Waals surface area contributed by atoms with Crippen molar-refractivity contribution in [2.75, 3.05) is 29.0 Å². The minimum Gasteiger partial charge on any atom is -0.492 e. The molecule has 1 N–H and O–H groups in total. The Balaban J connectivity index is 1.99. The maximum absolute atomic E-state index is 13.6. The minimum absolute atomic E-state index is 0.0317. The summed E-state index contributed by atoms with van der Waals surface area (Å²) in [6.45, 7) is 1.56. The van der Waals surface area contributed by atoms with E-state index < -0.39 is 28.3 Å². The number of nitrogens with one attached hydrogen (secondary N) is 1. The van der Waals surface area contributed by atoms with E-state index in [1.165, 1.54) is 36.0 Å². The van der Waals surface area contributed by atoms with Crippen LogP contribution >= 0.6 is 23.4 Å². The second-order valence-corrected chi connectivity index (χ2v) is 9.91. The highest BCUT2D eigenvalue weighted by molar-refractivity contribution is 7.98. The van der Waals surface area contributed by atoms with E-state index in [4.69, 9.17) is 16.3 Å². The molecule has 0 aliphatic heterocycles. The lowest BCUT2D eigenvalue weighted by Crippen LogP contribution is -2.38. The molecule has 1 amide bonds. The van der Waals surface area contributed by atoms with Gasteiger partial charge in [-0.15, -0.1) is 11.8 Å². The zero-order valence-corrected chi connectivity index (χ0v) is 20.3. The summed E-state index contributed by atoms with van der Waals surface area (Å²) < 4.78 is 47.2. The lowest BCUT2D eigenvalue weighted by atomic mass is 10.3. The van der Waals surface area contributed by atoms with Crippen molar-refractivity contribution >= 4 is 50.7 Å². The molecule has 0 aromatic heterocycles. The summed E-state index contributed by atoms with van der Waals surface area (Å²) in [5.74, 6) is -0.937. The van der Waals surface area contributed by atoms with Gasteiger partial charge in [0.15, 0.2) is 0 Å². The van der Waals surface area contributed by atoms with Gasteiger partial charge in [0.05, 0.1) is 22.2 Å². The molecule has 0 spiro atoms. The van der Waals surface area contributed by atoms with Gasteiger partial charge >= 0.3 is 0 Å². The number of rotatable bonds is 9. The number of carbonyl (C=O) groups is 1. The second-order valence-electron chi connectivity index (χ2n) is 6.77. The van der Waals surface area contributed by atoms with Crippen LogP contribution in [0.4, 0.5) is 15.8 Å². The number of nitrogens with zero attached hydrogens (tertiary/aromatic N) is 1. The first-order valence-electron chi connectivity index (χ1n) is 9.89. The van der Waals surface area contributed by atoms with E-state index in [9.17, 15) is 17.6 Å². The monoisotopic (exact) mass is 508 g/mol. The van der Waals surface area contributed by atoms with Crippen molar-refractivity contribution in [3.8, 4) is 5.75 Å². The zero-order chi connectivity index (χ0) is 24.0. The van der Waals surface area contributed by atoms with Gasteiger partial charge in [0.1, 0.15) is 18.1 Å². The molecule has 33 heavy (non-hydrogen) atoms. The van der Waals surface area contributed by atoms with E-state index in [-0.39, 0.29) is 21.3 Å². The average Bonchev–Trinajstić information content (AvgIpc) is 2.80. The predicted molar refractivity (Wildman–Crippen MR) is 130 cm³/mol. The molecule has 0 aliphatic carbocycles. The summed E-state index contributed by atoms with van der Waals surface area (Å²) in [7, 11) is -4.12. The van der Waals surface area contributed by atoms with Crippen LogP contribution in [0.25, 0.3) is 0 Å². The van der Waals surface area contributed by atoms with Crippen LogP contribution in [0.5, 0.6) is 5.75 Å². The van der Waals surface area contributed by atoms with E-state index >= 15 is 0 Å². The number of anilines is 2. The maximum atomic E-state index is 13.6. The van der Waals surface area contributed by atoms with Crippen molar-refractivity contribution in [1.29, 1.82) is 0 Å². The molecule has 0 unspecified atom stereocenters. The third-order valence-electron chi connectivity index (χ3n) is 4.57. The Morgan fingerprint density at radius 2 is 1.82 bits per heavy atom. The van der Waals surface area contributed by atoms with Gasteiger partial charge in [-0.05, 0) is 67.8 Å². The SMILES string of the molecule is CCOc1ccccc1N(CC(=O)Nc1ccc(F)c(Cl)c1)S(=O)(=O)c1ccc(SC)cc1. The van der Waals surface area contributed by atoms with Crippen molar-refractivity contribution in [3.05, 3.63) is 77.6 Å². The summed E-state index contributed by atoms with van der Waals surface area (Å²) in [6.07, 6.45) is 1.89. The topological polar surface area (TPSA) is 75.7 Å². The smallest absolute Gasteiger partial charge is 0.264 e. The molecule has 10 heteroatoms. The van der Waals surface area contributed by atoms with Crippen LogP contribution in [0.2, 0.25) is 5.02 Å². The number of amides is 1. The van der Waals surface area contributed by atoms with E-state index in [2.05, 4.69) is 5.32 Å². The molecule has 0 bridgehead atoms. The molecule has 3 aromatic carbocycles. The quantitative estimate of drug-likeness (QED) is 0.390. The third kappa shape index (κ3) is 5.98. The highest BCUT2D eigenvalue weighted by Gasteiger charge is 2.29. The van der Waals surface area contributed by atoms with Crippen molar-refractivity contribution in [1.82, 2.24) is 0 Å². The molecular weight excluding hydrogens is 487 g/mol. The first-order chi connectivity index (χ1) is 15.8. The fraction of sp³-hybridized carbons (Fsp3) is 0.174. The van der Waals surface area contributed by atoms with E-state index in [0.717, 1.165) is 15.3 Å². The molecule has 0 radical (unpaired) electrons. The lowest BCUT2D eigenvalue weighted by molar-refractivity contribution is -0.114. The molecule has 0 aliphatic rings. The van der Waals surface area contributed by atoms with Crippen molar-refractivity contribution in [2.24, 2.45) is 0 Å². The fourth-order valence-corrected chi connectivity index (χ4v) is 5.04. The lowest BCUT2D eigenvalue weighted by Gasteiger charge is -2.26. The number of thioether (sulfide) groups is 1. The number of sulfonamides is 1. The molecule has 0 atom stereocenters. The van der Waals surface area contributed by atoms with E-state index in [1.54, 1.807) is 43.3 Å². The normalized spacial score (nSPS) is 11.2. The maximum Gasteiger partial charge on any atom is 0.264 e. The first-order valence-corrected chi connectivity index (χ1v) is 12.9. The van der Waals surface area contributed by atoms with Gasteiger partial charge in [0, 0.05) is 10.6 Å². The van der Waals surface area contributed by atoms with E-state index in [1.807, 2.05) is 6.26 Å². The van der Waals surface area contributed by atoms with Crippen molar-refractivity contribution < 1.29 is 22.3 Å². The molecule has 3 rings (SSSR count). The van der Waals surface area contributed by atoms with Gasteiger partial charge in [-0.1, -0.05) is 23.7 Å². The molecule has 174 valence electrons. The van der Waals surface area contributed by atoms with Gasteiger partial charge in [0.25, 0.3) is 10.0 Å². The van der Waals surface area contributed by atoms with Crippen molar-refractivity contribution in [2.45, 2.75) is 16.7 Å². The van der Waals surface area contributed by atoms with Gasteiger partial charge in [-0.3, -0.25) is 9.10 Å². The van der Waals surface area contributed by atoms with Crippen LogP contribution in [-0.2, 0) is 14.8 Å². The number of para-hydroxylation sites is 2. The van der Waals surface area contributed by atoms with Gasteiger partial charge in [-0.25, -0.2) is 12.8 Å². The van der Waals surface area contributed by atoms with Crippen LogP contribution < -0.4 is 14.4 Å². The summed E-state index contributed by atoms with van der Waals surface area (Å²) in [5, 5.41) is 2.40. The Hall–Kier alpha value is -2.75. The van der Waals surface area contributed by atoms with Crippen LogP contribution in [0.3, 0.4) is 0 Å². The van der Waals surface area contributed by atoms with Gasteiger partial charge in [-0.2, -0.15) is 0 Å². The summed E-state index contributed by atoms with van der Waals surface area (Å²) in [6, 6.07) is 16.7. The molecule has 0 saturated heterocycles. The summed E-state index contributed by atoms with van der Waals surface area (Å²) in [4.78, 5) is 13.8. The molecule has 0 fully saturated rings. The number of hydrogen-bond acceptors (Lipinski definition) is 5. The molecule has 0 saturated carbocycles. The second kappa shape index (κ2) is 10.9. The first kappa shape index (κ1) is 24.9. The van der Waals surface area contributed by atoms with Crippen LogP contribution in [0.15, 0.2) is 76.5 Å². The number of hydrogen-bond donors (Lipinski definition) is 1. The highest BCUT2D eigenvalue weighted by Crippen LogP contribution is 2.33. The number of halogens is 2. The zero-order valence-electron chi connectivity index (χ0n) is 17.9. The van der Waals surface area contributed by atoms with Crippen molar-refractivity contribution in [3.63, 3.8) is 0 Å².